The minimum atomic E-state index is 0.271. The van der Waals surface area contributed by atoms with E-state index in [-0.39, 0.29) is 6.01 Å². The van der Waals surface area contributed by atoms with Gasteiger partial charge in [0, 0.05) is 11.6 Å². The molecule has 1 N–H and O–H groups in total. The molecule has 1 aromatic carbocycles. The number of hydrogen-bond donors (Lipinski definition) is 1. The van der Waals surface area contributed by atoms with Gasteiger partial charge in [0.1, 0.15) is 5.02 Å². The van der Waals surface area contributed by atoms with E-state index in [2.05, 4.69) is 15.3 Å². The van der Waals surface area contributed by atoms with Crippen molar-refractivity contribution in [2.75, 3.05) is 12.4 Å². The minimum Gasteiger partial charge on any atom is -0.467 e. The summed E-state index contributed by atoms with van der Waals surface area (Å²) in [5, 5.41) is 4.25. The van der Waals surface area contributed by atoms with Crippen LogP contribution in [0.3, 0.4) is 0 Å². The monoisotopic (exact) mass is 283 g/mol. The Balaban J connectivity index is 2.10. The van der Waals surface area contributed by atoms with Crippen LogP contribution in [-0.2, 0) is 6.54 Å². The summed E-state index contributed by atoms with van der Waals surface area (Å²) in [4.78, 5) is 8.02. The standard InChI is InChI=1S/C12H11Cl2N3O/c1-18-12-16-7-10(14)11(17-12)15-6-8-3-2-4-9(13)5-8/h2-5,7H,6H2,1H3,(H,15,16,17). The third kappa shape index (κ3) is 3.24. The number of methoxy groups -OCH3 is 1. The van der Waals surface area contributed by atoms with Crippen molar-refractivity contribution in [2.45, 2.75) is 6.54 Å². The lowest BCUT2D eigenvalue weighted by Crippen LogP contribution is -2.03. The van der Waals surface area contributed by atoms with Crippen LogP contribution >= 0.6 is 23.2 Å². The van der Waals surface area contributed by atoms with Gasteiger partial charge in [-0.25, -0.2) is 4.98 Å². The third-order valence-electron chi connectivity index (χ3n) is 2.25. The van der Waals surface area contributed by atoms with Gasteiger partial charge >= 0.3 is 6.01 Å². The Bertz CT molecular complexity index is 549. The average molecular weight is 284 g/mol. The lowest BCUT2D eigenvalue weighted by molar-refractivity contribution is 0.380. The summed E-state index contributed by atoms with van der Waals surface area (Å²) in [6, 6.07) is 7.83. The van der Waals surface area contributed by atoms with Crippen LogP contribution in [-0.4, -0.2) is 17.1 Å². The van der Waals surface area contributed by atoms with Crippen molar-refractivity contribution in [3.05, 3.63) is 46.1 Å². The van der Waals surface area contributed by atoms with Crippen molar-refractivity contribution in [1.82, 2.24) is 9.97 Å². The molecule has 4 nitrogen and oxygen atoms in total. The number of ether oxygens (including phenoxy) is 1. The van der Waals surface area contributed by atoms with Gasteiger partial charge in [0.25, 0.3) is 0 Å². The molecule has 2 rings (SSSR count). The number of benzene rings is 1. The summed E-state index contributed by atoms with van der Waals surface area (Å²) in [6.07, 6.45) is 1.49. The van der Waals surface area contributed by atoms with Gasteiger partial charge in [-0.3, -0.25) is 0 Å². The van der Waals surface area contributed by atoms with Crippen LogP contribution in [0.5, 0.6) is 6.01 Å². The second-order valence-electron chi connectivity index (χ2n) is 3.54. The zero-order valence-corrected chi connectivity index (χ0v) is 11.2. The fraction of sp³-hybridized carbons (Fsp3) is 0.167. The number of nitrogens with one attached hydrogen (secondary N) is 1. The first-order valence-corrected chi connectivity index (χ1v) is 5.99. The Morgan fingerprint density at radius 2 is 2.17 bits per heavy atom. The molecule has 0 aliphatic heterocycles. The first-order valence-electron chi connectivity index (χ1n) is 5.24. The summed E-state index contributed by atoms with van der Waals surface area (Å²) in [5.74, 6) is 0.531. The maximum Gasteiger partial charge on any atom is 0.318 e. The van der Waals surface area contributed by atoms with Gasteiger partial charge in [0.05, 0.1) is 13.3 Å². The highest BCUT2D eigenvalue weighted by Crippen LogP contribution is 2.21. The molecule has 0 fully saturated rings. The fourth-order valence-electron chi connectivity index (χ4n) is 1.41. The minimum absolute atomic E-state index is 0.271. The van der Waals surface area contributed by atoms with Crippen molar-refractivity contribution in [3.63, 3.8) is 0 Å². The molecule has 0 amide bonds. The molecule has 94 valence electrons. The van der Waals surface area contributed by atoms with E-state index in [1.165, 1.54) is 13.3 Å². The molecule has 0 aliphatic rings. The van der Waals surface area contributed by atoms with Gasteiger partial charge in [-0.15, -0.1) is 0 Å². The highest BCUT2D eigenvalue weighted by Gasteiger charge is 2.05. The van der Waals surface area contributed by atoms with E-state index in [0.717, 1.165) is 5.56 Å². The summed E-state index contributed by atoms with van der Waals surface area (Å²) >= 11 is 11.9. The van der Waals surface area contributed by atoms with E-state index in [1.54, 1.807) is 0 Å². The van der Waals surface area contributed by atoms with Gasteiger partial charge in [0.15, 0.2) is 5.82 Å². The van der Waals surface area contributed by atoms with Gasteiger partial charge in [0.2, 0.25) is 0 Å². The highest BCUT2D eigenvalue weighted by molar-refractivity contribution is 6.32. The van der Waals surface area contributed by atoms with Crippen molar-refractivity contribution in [2.24, 2.45) is 0 Å². The molecule has 6 heteroatoms. The SMILES string of the molecule is COc1ncc(Cl)c(NCc2cccc(Cl)c2)n1. The van der Waals surface area contributed by atoms with Crippen molar-refractivity contribution < 1.29 is 4.74 Å². The molecule has 2 aromatic rings. The second-order valence-corrected chi connectivity index (χ2v) is 4.38. The molecule has 18 heavy (non-hydrogen) atoms. The van der Waals surface area contributed by atoms with Crippen LogP contribution < -0.4 is 10.1 Å². The lowest BCUT2D eigenvalue weighted by Gasteiger charge is -2.08. The van der Waals surface area contributed by atoms with Crippen LogP contribution in [0.2, 0.25) is 10.0 Å². The maximum absolute atomic E-state index is 5.98. The Morgan fingerprint density at radius 3 is 2.89 bits per heavy atom. The largest absolute Gasteiger partial charge is 0.467 e. The normalized spacial score (nSPS) is 10.2. The number of hydrogen-bond acceptors (Lipinski definition) is 4. The lowest BCUT2D eigenvalue weighted by atomic mass is 10.2. The molecule has 0 atom stereocenters. The molecule has 0 aliphatic carbocycles. The zero-order chi connectivity index (χ0) is 13.0. The quantitative estimate of drug-likeness (QED) is 0.934. The molecule has 0 saturated heterocycles. The smallest absolute Gasteiger partial charge is 0.318 e. The molecule has 1 heterocycles. The number of halogens is 2. The van der Waals surface area contributed by atoms with Crippen molar-refractivity contribution in [1.29, 1.82) is 0 Å². The average Bonchev–Trinajstić information content (AvgIpc) is 2.38. The summed E-state index contributed by atoms with van der Waals surface area (Å²) < 4.78 is 4.94. The second kappa shape index (κ2) is 5.89. The first-order chi connectivity index (χ1) is 8.69. The van der Waals surface area contributed by atoms with E-state index in [0.29, 0.717) is 22.4 Å². The van der Waals surface area contributed by atoms with E-state index >= 15 is 0 Å². The van der Waals surface area contributed by atoms with E-state index < -0.39 is 0 Å². The summed E-state index contributed by atoms with van der Waals surface area (Å²) in [7, 11) is 1.50. The fourth-order valence-corrected chi connectivity index (χ4v) is 1.78. The Kier molecular flexibility index (Phi) is 4.23. The topological polar surface area (TPSA) is 47.0 Å². The Morgan fingerprint density at radius 1 is 1.33 bits per heavy atom. The molecular formula is C12H11Cl2N3O. The summed E-state index contributed by atoms with van der Waals surface area (Å²) in [6.45, 7) is 0.570. The van der Waals surface area contributed by atoms with E-state index in [4.69, 9.17) is 27.9 Å². The van der Waals surface area contributed by atoms with Gasteiger partial charge in [-0.05, 0) is 17.7 Å². The molecule has 0 radical (unpaired) electrons. The molecule has 0 spiro atoms. The Hall–Kier alpha value is -1.52. The third-order valence-corrected chi connectivity index (χ3v) is 2.77. The van der Waals surface area contributed by atoms with E-state index in [1.807, 2.05) is 24.3 Å². The molecule has 0 saturated carbocycles. The maximum atomic E-state index is 5.98. The number of nitrogens with zero attached hydrogens (tertiary/aromatic N) is 2. The number of rotatable bonds is 4. The van der Waals surface area contributed by atoms with Crippen LogP contribution in [0.25, 0.3) is 0 Å². The van der Waals surface area contributed by atoms with Crippen LogP contribution in [0.4, 0.5) is 5.82 Å². The number of aromatic nitrogens is 2. The van der Waals surface area contributed by atoms with Gasteiger partial charge < -0.3 is 10.1 Å². The van der Waals surface area contributed by atoms with Crippen LogP contribution in [0, 0.1) is 0 Å². The molecule has 0 unspecified atom stereocenters. The number of anilines is 1. The predicted molar refractivity (Wildman–Crippen MR) is 72.4 cm³/mol. The van der Waals surface area contributed by atoms with Crippen molar-refractivity contribution in [3.8, 4) is 6.01 Å². The molecular weight excluding hydrogens is 273 g/mol. The van der Waals surface area contributed by atoms with Crippen LogP contribution in [0.15, 0.2) is 30.5 Å². The van der Waals surface area contributed by atoms with Gasteiger partial charge in [-0.1, -0.05) is 35.3 Å². The van der Waals surface area contributed by atoms with Crippen LogP contribution in [0.1, 0.15) is 5.56 Å². The van der Waals surface area contributed by atoms with E-state index in [9.17, 15) is 0 Å². The molecule has 0 bridgehead atoms. The predicted octanol–water partition coefficient (Wildman–Crippen LogP) is 3.40. The highest BCUT2D eigenvalue weighted by atomic mass is 35.5. The van der Waals surface area contributed by atoms with Crippen molar-refractivity contribution >= 4 is 29.0 Å². The molecule has 1 aromatic heterocycles. The Labute approximate surface area is 115 Å². The zero-order valence-electron chi connectivity index (χ0n) is 9.65. The van der Waals surface area contributed by atoms with Gasteiger partial charge in [-0.2, -0.15) is 4.98 Å². The first kappa shape index (κ1) is 12.9. The summed E-state index contributed by atoms with van der Waals surface area (Å²) in [5.41, 5.74) is 1.04.